The summed E-state index contributed by atoms with van der Waals surface area (Å²) in [5, 5.41) is 8.49. The number of rotatable bonds is 10. The number of Topliss-reactive ketones (excluding diaryl/α,β-unsaturated/α-hetero) is 1. The summed E-state index contributed by atoms with van der Waals surface area (Å²) in [5.41, 5.74) is 1.48. The zero-order chi connectivity index (χ0) is 61.0. The number of amides is 6. The zero-order valence-electron chi connectivity index (χ0n) is 50.3. The highest BCUT2D eigenvalue weighted by Gasteiger charge is 2.39. The van der Waals surface area contributed by atoms with E-state index in [1.165, 1.54) is 34.9 Å². The Morgan fingerprint density at radius 1 is 0.759 bits per heavy atom. The maximum Gasteiger partial charge on any atom is 0.330 e. The molecule has 3 N–H and O–H groups in total. The predicted octanol–water partition coefficient (Wildman–Crippen LogP) is 6.25. The van der Waals surface area contributed by atoms with Crippen LogP contribution in [0.25, 0.3) is 0 Å². The summed E-state index contributed by atoms with van der Waals surface area (Å²) in [6, 6.07) is 17.5. The van der Waals surface area contributed by atoms with Crippen molar-refractivity contribution < 1.29 is 62.1 Å². The highest BCUT2D eigenvalue weighted by atomic mass is 16.5. The highest BCUT2D eigenvalue weighted by molar-refractivity contribution is 5.97. The fourth-order valence-electron chi connectivity index (χ4n) is 10.2. The number of anilines is 1. The number of benzene rings is 3. The number of nitrogens with one attached hydrogen (secondary N) is 3. The molecule has 0 aliphatic carbocycles. The van der Waals surface area contributed by atoms with Crippen LogP contribution < -0.4 is 25.4 Å². The minimum Gasteiger partial charge on any atom is -0.493 e. The number of likely N-dealkylation sites (N-methyl/N-ethyl adjacent to an activating group) is 3. The van der Waals surface area contributed by atoms with Crippen molar-refractivity contribution in [2.24, 2.45) is 17.3 Å². The molecule has 1 fully saturated rings. The van der Waals surface area contributed by atoms with Gasteiger partial charge in [0.1, 0.15) is 36.9 Å². The Bertz CT molecular complexity index is 2770. The van der Waals surface area contributed by atoms with E-state index in [9.17, 15) is 43.2 Å². The van der Waals surface area contributed by atoms with E-state index in [-0.39, 0.29) is 70.0 Å². The molecule has 452 valence electrons. The van der Waals surface area contributed by atoms with E-state index in [4.69, 9.17) is 18.9 Å². The summed E-state index contributed by atoms with van der Waals surface area (Å²) in [7, 11) is 7.62. The van der Waals surface area contributed by atoms with E-state index in [1.54, 1.807) is 97.5 Å². The fraction of sp³-hybridized carbons (Fsp3) is 0.540. The van der Waals surface area contributed by atoms with Crippen molar-refractivity contribution >= 4 is 58.9 Å². The predicted molar refractivity (Wildman–Crippen MR) is 314 cm³/mol. The van der Waals surface area contributed by atoms with Crippen LogP contribution in [-0.4, -0.2) is 165 Å². The number of piperidine rings is 1. The SMILES string of the molecule is COc1ccc(CC[C@H]2OC(=O)[C@@H]3CCCCN3CC(=O)C(C)(C)COC(=O)C=CCCN(C)C(=O)CNC(=O)[C@H](C(C)C)N(C)C(=O)[C@@H](Cc3ccccc3)NC(=O)[C@H](CC(C)C)N(C)C(=O)CCC(=O)Nc3cccc2c3)cc1OC. The van der Waals surface area contributed by atoms with Gasteiger partial charge >= 0.3 is 11.9 Å². The number of fused-ring (bicyclic) bond motifs is 3. The van der Waals surface area contributed by atoms with Gasteiger partial charge in [0.25, 0.3) is 0 Å². The van der Waals surface area contributed by atoms with Crippen molar-refractivity contribution in [3.05, 3.63) is 102 Å². The third-order valence-corrected chi connectivity index (χ3v) is 15.2. The van der Waals surface area contributed by atoms with Crippen LogP contribution in [0.4, 0.5) is 5.69 Å². The van der Waals surface area contributed by atoms with E-state index >= 15 is 0 Å². The van der Waals surface area contributed by atoms with Crippen LogP contribution in [0.3, 0.4) is 0 Å². The van der Waals surface area contributed by atoms with Gasteiger partial charge in [0.2, 0.25) is 35.4 Å². The van der Waals surface area contributed by atoms with Crippen LogP contribution >= 0.6 is 0 Å². The smallest absolute Gasteiger partial charge is 0.330 e. The van der Waals surface area contributed by atoms with Gasteiger partial charge in [0, 0.05) is 58.7 Å². The molecule has 0 aromatic heterocycles. The number of esters is 2. The molecule has 2 aliphatic heterocycles. The van der Waals surface area contributed by atoms with Gasteiger partial charge in [-0.25, -0.2) is 4.79 Å². The molecule has 5 atom stereocenters. The minimum absolute atomic E-state index is 0.0585. The van der Waals surface area contributed by atoms with Crippen molar-refractivity contribution in [2.75, 3.05) is 73.5 Å². The summed E-state index contributed by atoms with van der Waals surface area (Å²) in [5.74, 6) is -3.99. The second-order valence-corrected chi connectivity index (χ2v) is 23.0. The molecule has 5 rings (SSSR count). The lowest BCUT2D eigenvalue weighted by atomic mass is 9.88. The first kappa shape index (κ1) is 66.2. The minimum atomic E-state index is -1.18. The molecule has 20 nitrogen and oxygen atoms in total. The van der Waals surface area contributed by atoms with Crippen LogP contribution in [0.15, 0.2) is 84.9 Å². The number of nitrogens with zero attached hydrogens (tertiary/aromatic N) is 4. The molecule has 20 heteroatoms. The number of carbonyl (C=O) groups is 9. The second kappa shape index (κ2) is 31.7. The van der Waals surface area contributed by atoms with Gasteiger partial charge in [0.05, 0.1) is 32.7 Å². The van der Waals surface area contributed by atoms with Crippen molar-refractivity contribution in [3.63, 3.8) is 0 Å². The number of methoxy groups -OCH3 is 2. The van der Waals surface area contributed by atoms with Gasteiger partial charge < -0.3 is 49.6 Å². The Morgan fingerprint density at radius 3 is 2.17 bits per heavy atom. The lowest BCUT2D eigenvalue weighted by Crippen LogP contribution is -2.59. The molecule has 0 radical (unpaired) electrons. The van der Waals surface area contributed by atoms with Gasteiger partial charge in [-0.3, -0.25) is 43.3 Å². The first-order valence-corrected chi connectivity index (χ1v) is 28.7. The number of carbonyl (C=O) groups excluding carboxylic acids is 9. The maximum absolute atomic E-state index is 14.6. The Kier molecular flexibility index (Phi) is 25.3. The molecule has 83 heavy (non-hydrogen) atoms. The molecular weight excluding hydrogens is 1060 g/mol. The molecule has 0 unspecified atom stereocenters. The van der Waals surface area contributed by atoms with Crippen LogP contribution in [0.2, 0.25) is 0 Å². The third kappa shape index (κ3) is 19.8. The number of ether oxygens (including phenoxy) is 4. The zero-order valence-corrected chi connectivity index (χ0v) is 50.3. The first-order valence-electron chi connectivity index (χ1n) is 28.7. The van der Waals surface area contributed by atoms with Gasteiger partial charge in [-0.1, -0.05) is 88.7 Å². The van der Waals surface area contributed by atoms with Gasteiger partial charge in [-0.05, 0) is 112 Å². The number of aryl methyl sites for hydroxylation is 1. The first-order chi connectivity index (χ1) is 39.4. The topological polar surface area (TPSA) is 240 Å². The number of hydrogen-bond acceptors (Lipinski definition) is 14. The Balaban J connectivity index is 1.45. The van der Waals surface area contributed by atoms with Crippen molar-refractivity contribution in [3.8, 4) is 11.5 Å². The number of hydrogen-bond donors (Lipinski definition) is 3. The molecule has 2 bridgehead atoms. The summed E-state index contributed by atoms with van der Waals surface area (Å²) < 4.78 is 23.0. The number of ketones is 1. The third-order valence-electron chi connectivity index (χ3n) is 15.2. The van der Waals surface area contributed by atoms with Gasteiger partial charge in [-0.15, -0.1) is 0 Å². The molecule has 6 amide bonds. The van der Waals surface area contributed by atoms with E-state index in [1.807, 2.05) is 49.1 Å². The Labute approximate surface area is 489 Å². The summed E-state index contributed by atoms with van der Waals surface area (Å²) in [4.78, 5) is 131. The molecule has 3 aromatic rings. The molecule has 0 spiro atoms. The second-order valence-electron chi connectivity index (χ2n) is 23.0. The van der Waals surface area contributed by atoms with Crippen LogP contribution in [0.5, 0.6) is 11.5 Å². The molecule has 3 aromatic carbocycles. The lowest BCUT2D eigenvalue weighted by molar-refractivity contribution is -0.158. The lowest BCUT2D eigenvalue weighted by Gasteiger charge is -2.36. The molecule has 1 saturated heterocycles. The molecule has 2 aliphatic rings. The van der Waals surface area contributed by atoms with E-state index in [2.05, 4.69) is 16.0 Å². The molecule has 0 saturated carbocycles. The van der Waals surface area contributed by atoms with E-state index in [0.717, 1.165) is 24.0 Å². The van der Waals surface area contributed by atoms with Gasteiger partial charge in [-0.2, -0.15) is 0 Å². The number of cyclic esters (lactones) is 2. The molecule has 2 heterocycles. The normalized spacial score (nSPS) is 22.5. The van der Waals surface area contributed by atoms with Crippen molar-refractivity contribution in [1.29, 1.82) is 0 Å². The highest BCUT2D eigenvalue weighted by Crippen LogP contribution is 2.33. The largest absolute Gasteiger partial charge is 0.493 e. The monoisotopic (exact) mass is 1150 g/mol. The Hall–Kier alpha value is -7.61. The van der Waals surface area contributed by atoms with E-state index in [0.29, 0.717) is 48.6 Å². The van der Waals surface area contributed by atoms with Crippen LogP contribution in [-0.2, 0) is 65.5 Å². The summed E-state index contributed by atoms with van der Waals surface area (Å²) in [6.07, 6.45) is 4.72. The molecular formula is C63H87N7O13. The average molecular weight is 1150 g/mol. The van der Waals surface area contributed by atoms with E-state index < -0.39 is 89.0 Å². The van der Waals surface area contributed by atoms with Crippen molar-refractivity contribution in [2.45, 2.75) is 136 Å². The van der Waals surface area contributed by atoms with Crippen LogP contribution in [0, 0.1) is 17.3 Å². The Morgan fingerprint density at radius 2 is 1.48 bits per heavy atom. The maximum atomic E-state index is 14.6. The van der Waals surface area contributed by atoms with Crippen molar-refractivity contribution in [1.82, 2.24) is 30.2 Å². The quantitative estimate of drug-likeness (QED) is 0.190. The van der Waals surface area contributed by atoms with Crippen LogP contribution in [0.1, 0.15) is 116 Å². The standard InChI is InChI=1S/C63H87N7O13/c1-41(2)34-49-59(76)66-47(35-43-20-13-12-14-21-43)61(78)69(9)58(42(3)4)60(77)64-38-56(74)67(7)32-17-16-25-57(75)82-40-63(5,6)53(71)39-70-33-18-15-24-48(70)62(79)83-50(28-26-44-27-29-51(80-10)52(36-44)81-11)45-22-19-23-46(37-45)65-54(72)30-31-55(73)68(49)8/h12-14,16,19-23,25,27,29,36-37,41-42,47-50,58H,15,17-18,24,26,28,30-35,38-40H2,1-11H3,(H,64,77)(H,65,72)(H,66,76)/t47-,48+,49+,50-,58+/m1/s1. The summed E-state index contributed by atoms with van der Waals surface area (Å²) in [6.45, 7) is 10.6. The summed E-state index contributed by atoms with van der Waals surface area (Å²) >= 11 is 0. The average Bonchev–Trinajstić information content (AvgIpc) is 3.57. The van der Waals surface area contributed by atoms with Gasteiger partial charge in [0.15, 0.2) is 17.3 Å². The fourth-order valence-corrected chi connectivity index (χ4v) is 10.2.